The topological polar surface area (TPSA) is 16.1 Å². The highest BCUT2D eigenvalue weighted by atomic mass is 19.2. The summed E-state index contributed by atoms with van der Waals surface area (Å²) in [6.07, 6.45) is 2.68. The lowest BCUT2D eigenvalue weighted by atomic mass is 10.1. The smallest absolute Gasteiger partial charge is 0.251 e. The molecule has 1 aromatic heterocycles. The highest BCUT2D eigenvalue weighted by Gasteiger charge is 2.32. The summed E-state index contributed by atoms with van der Waals surface area (Å²) >= 11 is 0. The van der Waals surface area contributed by atoms with E-state index < -0.39 is 17.6 Å². The largest absolute Gasteiger partial charge is 0.348 e. The summed E-state index contributed by atoms with van der Waals surface area (Å²) in [4.78, 5) is 5.17. The summed E-state index contributed by atoms with van der Waals surface area (Å²) in [6, 6.07) is 0.818. The summed E-state index contributed by atoms with van der Waals surface area (Å²) in [7, 11) is 0. The van der Waals surface area contributed by atoms with E-state index in [2.05, 4.69) is 4.98 Å². The lowest BCUT2D eigenvalue weighted by Gasteiger charge is -2.29. The van der Waals surface area contributed by atoms with Crippen molar-refractivity contribution >= 4 is 5.82 Å². The normalized spacial score (nSPS) is 24.4. The van der Waals surface area contributed by atoms with Crippen LogP contribution in [0.3, 0.4) is 0 Å². The average Bonchev–Trinajstić information content (AvgIpc) is 2.65. The van der Waals surface area contributed by atoms with Gasteiger partial charge in [0.2, 0.25) is 0 Å². The van der Waals surface area contributed by atoms with Gasteiger partial charge in [0.1, 0.15) is 0 Å². The summed E-state index contributed by atoms with van der Waals surface area (Å²) in [6.45, 7) is 3.94. The molecule has 0 amide bonds. The molecule has 2 heterocycles. The quantitative estimate of drug-likeness (QED) is 0.742. The van der Waals surface area contributed by atoms with E-state index in [1.807, 2.05) is 13.8 Å². The molecular weight excluding hydrogens is 229 g/mol. The van der Waals surface area contributed by atoms with E-state index in [1.165, 1.54) is 0 Å². The predicted octanol–water partition coefficient (Wildman–Crippen LogP) is 3.27. The first-order valence-electron chi connectivity index (χ1n) is 5.84. The van der Waals surface area contributed by atoms with Gasteiger partial charge >= 0.3 is 0 Å². The number of anilines is 1. The lowest BCUT2D eigenvalue weighted by molar-refractivity contribution is 0.458. The van der Waals surface area contributed by atoms with Crippen molar-refractivity contribution in [2.75, 3.05) is 4.90 Å². The number of pyridine rings is 1. The molecule has 1 aliphatic heterocycles. The van der Waals surface area contributed by atoms with Gasteiger partial charge in [0.25, 0.3) is 5.95 Å². The van der Waals surface area contributed by atoms with Crippen LogP contribution in [0, 0.1) is 17.6 Å². The zero-order chi connectivity index (χ0) is 12.6. The molecule has 1 aromatic rings. The van der Waals surface area contributed by atoms with Crippen LogP contribution >= 0.6 is 0 Å². The number of halogens is 3. The van der Waals surface area contributed by atoms with Crippen molar-refractivity contribution in [2.45, 2.75) is 45.2 Å². The zero-order valence-electron chi connectivity index (χ0n) is 9.88. The predicted molar refractivity (Wildman–Crippen MR) is 59.4 cm³/mol. The fourth-order valence-corrected chi connectivity index (χ4v) is 2.47. The Bertz CT molecular complexity index is 422. The van der Waals surface area contributed by atoms with Crippen molar-refractivity contribution in [2.24, 2.45) is 0 Å². The molecule has 0 saturated carbocycles. The number of aromatic nitrogens is 1. The van der Waals surface area contributed by atoms with Crippen LogP contribution in [0.15, 0.2) is 6.07 Å². The Morgan fingerprint density at radius 3 is 2.65 bits per heavy atom. The minimum atomic E-state index is -1.24. The fraction of sp³-hybridized carbons (Fsp3) is 0.583. The molecule has 94 valence electrons. The molecule has 2 unspecified atom stereocenters. The molecule has 1 saturated heterocycles. The van der Waals surface area contributed by atoms with Crippen LogP contribution in [0.1, 0.15) is 33.1 Å². The summed E-state index contributed by atoms with van der Waals surface area (Å²) in [5.41, 5.74) is 0. The van der Waals surface area contributed by atoms with Crippen LogP contribution in [0.2, 0.25) is 0 Å². The van der Waals surface area contributed by atoms with Crippen molar-refractivity contribution in [3.63, 3.8) is 0 Å². The molecule has 0 bridgehead atoms. The minimum absolute atomic E-state index is 0.0687. The molecule has 0 aromatic carbocycles. The highest BCUT2D eigenvalue weighted by molar-refractivity contribution is 5.44. The Kier molecular flexibility index (Phi) is 3.26. The number of hydrogen-bond donors (Lipinski definition) is 0. The third kappa shape index (κ3) is 2.10. The van der Waals surface area contributed by atoms with Crippen LogP contribution in [0.5, 0.6) is 0 Å². The maximum atomic E-state index is 13.7. The van der Waals surface area contributed by atoms with Gasteiger partial charge < -0.3 is 4.90 Å². The van der Waals surface area contributed by atoms with E-state index in [0.29, 0.717) is 6.07 Å². The number of rotatable bonds is 2. The van der Waals surface area contributed by atoms with Crippen LogP contribution in [0.25, 0.3) is 0 Å². The lowest BCUT2D eigenvalue weighted by Crippen LogP contribution is -2.35. The van der Waals surface area contributed by atoms with E-state index in [4.69, 9.17) is 0 Å². The van der Waals surface area contributed by atoms with Crippen LogP contribution in [-0.4, -0.2) is 17.1 Å². The maximum absolute atomic E-state index is 13.7. The Morgan fingerprint density at radius 2 is 2.00 bits per heavy atom. The van der Waals surface area contributed by atoms with Crippen LogP contribution in [-0.2, 0) is 0 Å². The van der Waals surface area contributed by atoms with Crippen LogP contribution in [0.4, 0.5) is 19.0 Å². The summed E-state index contributed by atoms with van der Waals surface area (Å²) < 4.78 is 39.6. The number of hydrogen-bond acceptors (Lipinski definition) is 2. The Labute approximate surface area is 98.5 Å². The van der Waals surface area contributed by atoms with Gasteiger partial charge in [-0.05, 0) is 26.2 Å². The van der Waals surface area contributed by atoms with Gasteiger partial charge in [0.15, 0.2) is 17.5 Å². The van der Waals surface area contributed by atoms with Gasteiger partial charge in [-0.25, -0.2) is 8.78 Å². The highest BCUT2D eigenvalue weighted by Crippen LogP contribution is 2.32. The van der Waals surface area contributed by atoms with Crippen LogP contribution < -0.4 is 4.90 Å². The average molecular weight is 244 g/mol. The fourth-order valence-electron chi connectivity index (χ4n) is 2.47. The summed E-state index contributed by atoms with van der Waals surface area (Å²) in [5, 5.41) is 0. The number of nitrogens with zero attached hydrogens (tertiary/aromatic N) is 2. The van der Waals surface area contributed by atoms with Gasteiger partial charge in [-0.3, -0.25) is 0 Å². The van der Waals surface area contributed by atoms with E-state index >= 15 is 0 Å². The van der Waals surface area contributed by atoms with Gasteiger partial charge in [-0.2, -0.15) is 9.37 Å². The summed E-state index contributed by atoms with van der Waals surface area (Å²) in [5.74, 6) is -3.35. The van der Waals surface area contributed by atoms with E-state index in [9.17, 15) is 13.2 Å². The van der Waals surface area contributed by atoms with E-state index in [-0.39, 0.29) is 17.9 Å². The molecule has 0 spiro atoms. The molecule has 17 heavy (non-hydrogen) atoms. The molecule has 0 radical (unpaired) electrons. The van der Waals surface area contributed by atoms with Gasteiger partial charge in [-0.15, -0.1) is 0 Å². The van der Waals surface area contributed by atoms with E-state index in [1.54, 1.807) is 4.90 Å². The molecule has 0 N–H and O–H groups in total. The first-order valence-corrected chi connectivity index (χ1v) is 5.84. The Balaban J connectivity index is 2.42. The molecule has 0 aliphatic carbocycles. The first-order chi connectivity index (χ1) is 8.04. The molecule has 5 heteroatoms. The van der Waals surface area contributed by atoms with Crippen molar-refractivity contribution in [1.82, 2.24) is 4.98 Å². The second-order valence-electron chi connectivity index (χ2n) is 4.46. The van der Waals surface area contributed by atoms with E-state index in [0.717, 1.165) is 19.3 Å². The first kappa shape index (κ1) is 12.2. The SMILES string of the molecule is CCC1CCC(C)N1c1nc(F)c(F)cc1F. The second-order valence-corrected chi connectivity index (χ2v) is 4.46. The molecule has 1 fully saturated rings. The van der Waals surface area contributed by atoms with Crippen molar-refractivity contribution < 1.29 is 13.2 Å². The Morgan fingerprint density at radius 1 is 1.29 bits per heavy atom. The monoisotopic (exact) mass is 244 g/mol. The third-order valence-electron chi connectivity index (χ3n) is 3.37. The van der Waals surface area contributed by atoms with Crippen molar-refractivity contribution in [3.8, 4) is 0 Å². The van der Waals surface area contributed by atoms with Crippen molar-refractivity contribution in [1.29, 1.82) is 0 Å². The minimum Gasteiger partial charge on any atom is -0.348 e. The third-order valence-corrected chi connectivity index (χ3v) is 3.37. The van der Waals surface area contributed by atoms with Gasteiger partial charge in [0, 0.05) is 18.2 Å². The molecule has 2 nitrogen and oxygen atoms in total. The van der Waals surface area contributed by atoms with Gasteiger partial charge in [-0.1, -0.05) is 6.92 Å². The molecule has 2 rings (SSSR count). The molecule has 1 aliphatic rings. The van der Waals surface area contributed by atoms with Gasteiger partial charge in [0.05, 0.1) is 0 Å². The Hall–Kier alpha value is -1.26. The zero-order valence-corrected chi connectivity index (χ0v) is 9.88. The van der Waals surface area contributed by atoms with Crippen molar-refractivity contribution in [3.05, 3.63) is 23.6 Å². The second kappa shape index (κ2) is 4.55. The molecule has 2 atom stereocenters. The molecular formula is C12H15F3N2. The standard InChI is InChI=1S/C12H15F3N2/c1-3-8-5-4-7(2)17(8)12-10(14)6-9(13)11(15)16-12/h6-8H,3-5H2,1-2H3. The maximum Gasteiger partial charge on any atom is 0.251 e.